The Labute approximate surface area is 290 Å². The minimum atomic E-state index is -0.518. The van der Waals surface area contributed by atoms with E-state index in [0.717, 1.165) is 62.0 Å². The molecule has 0 atom stereocenters. The van der Waals surface area contributed by atoms with Crippen LogP contribution in [0.25, 0.3) is 56.3 Å². The molecule has 1 aliphatic carbocycles. The van der Waals surface area contributed by atoms with E-state index in [0.29, 0.717) is 5.82 Å². The number of benzene rings is 6. The maximum absolute atomic E-state index is 6.66. The number of ether oxygens (including phenoxy) is 1. The summed E-state index contributed by atoms with van der Waals surface area (Å²) in [6, 6.07) is 59.4. The molecule has 0 bridgehead atoms. The SMILES string of the molecule is c1ccc(-c2cc(-c3ccccn3)nc(-c3cccc(-c4ccc5c(c4)C4(c6ccccc6O5)c5ccccc5-c5ccccc54)c3)n2)cc1. The molecule has 8 aromatic rings. The Hall–Kier alpha value is -6.65. The molecule has 0 saturated heterocycles. The van der Waals surface area contributed by atoms with E-state index < -0.39 is 5.41 Å². The van der Waals surface area contributed by atoms with Gasteiger partial charge in [0.1, 0.15) is 11.5 Å². The number of hydrogen-bond acceptors (Lipinski definition) is 4. The van der Waals surface area contributed by atoms with E-state index in [9.17, 15) is 0 Å². The van der Waals surface area contributed by atoms with Gasteiger partial charge in [-0.05, 0) is 75.8 Å². The van der Waals surface area contributed by atoms with Crippen LogP contribution in [0.5, 0.6) is 11.5 Å². The van der Waals surface area contributed by atoms with Gasteiger partial charge in [0, 0.05) is 28.5 Å². The molecular weight excluding hydrogens is 611 g/mol. The molecule has 0 unspecified atom stereocenters. The molecule has 3 heterocycles. The zero-order valence-corrected chi connectivity index (χ0v) is 27.0. The number of fused-ring (bicyclic) bond motifs is 9. The third-order valence-corrected chi connectivity index (χ3v) is 10.0. The number of nitrogens with zero attached hydrogens (tertiary/aromatic N) is 3. The molecule has 0 amide bonds. The highest BCUT2D eigenvalue weighted by Gasteiger charge is 2.50. The lowest BCUT2D eigenvalue weighted by molar-refractivity contribution is 0.436. The van der Waals surface area contributed by atoms with Crippen molar-refractivity contribution < 1.29 is 4.74 Å². The van der Waals surface area contributed by atoms with Crippen molar-refractivity contribution >= 4 is 0 Å². The van der Waals surface area contributed by atoms with E-state index in [4.69, 9.17) is 14.7 Å². The second-order valence-electron chi connectivity index (χ2n) is 12.8. The summed E-state index contributed by atoms with van der Waals surface area (Å²) in [5.41, 5.74) is 13.4. The lowest BCUT2D eigenvalue weighted by Crippen LogP contribution is -2.32. The average molecular weight is 640 g/mol. The minimum Gasteiger partial charge on any atom is -0.457 e. The van der Waals surface area contributed by atoms with Gasteiger partial charge < -0.3 is 4.74 Å². The smallest absolute Gasteiger partial charge is 0.160 e. The summed E-state index contributed by atoms with van der Waals surface area (Å²) in [6.07, 6.45) is 1.80. The number of hydrogen-bond donors (Lipinski definition) is 0. The quantitative estimate of drug-likeness (QED) is 0.192. The molecule has 0 fully saturated rings. The predicted octanol–water partition coefficient (Wildman–Crippen LogP) is 11.0. The van der Waals surface area contributed by atoms with Crippen molar-refractivity contribution in [2.75, 3.05) is 0 Å². The summed E-state index contributed by atoms with van der Waals surface area (Å²) in [5, 5.41) is 0. The van der Waals surface area contributed by atoms with Gasteiger partial charge in [-0.25, -0.2) is 9.97 Å². The molecule has 1 aliphatic heterocycles. The lowest BCUT2D eigenvalue weighted by atomic mass is 9.66. The number of pyridine rings is 1. The lowest BCUT2D eigenvalue weighted by Gasteiger charge is -2.39. The van der Waals surface area contributed by atoms with Gasteiger partial charge in [-0.3, -0.25) is 4.98 Å². The summed E-state index contributed by atoms with van der Waals surface area (Å²) in [5.74, 6) is 2.41. The Kier molecular flexibility index (Phi) is 6.36. The van der Waals surface area contributed by atoms with Crippen molar-refractivity contribution in [2.45, 2.75) is 5.41 Å². The predicted molar refractivity (Wildman–Crippen MR) is 199 cm³/mol. The first kappa shape index (κ1) is 28.4. The highest BCUT2D eigenvalue weighted by Crippen LogP contribution is 2.62. The average Bonchev–Trinajstić information content (AvgIpc) is 3.49. The molecular formula is C46H29N3O. The molecule has 4 heteroatoms. The minimum absolute atomic E-state index is 0.518. The van der Waals surface area contributed by atoms with Crippen molar-refractivity contribution in [3.63, 3.8) is 0 Å². The Morgan fingerprint density at radius 3 is 1.78 bits per heavy atom. The normalized spacial score (nSPS) is 13.1. The molecule has 0 radical (unpaired) electrons. The van der Waals surface area contributed by atoms with E-state index in [1.165, 1.54) is 22.3 Å². The fourth-order valence-electron chi connectivity index (χ4n) is 7.85. The van der Waals surface area contributed by atoms with E-state index in [-0.39, 0.29) is 0 Å². The van der Waals surface area contributed by atoms with E-state index in [1.54, 1.807) is 6.20 Å². The summed E-state index contributed by atoms with van der Waals surface area (Å²) in [7, 11) is 0. The summed E-state index contributed by atoms with van der Waals surface area (Å²) in [4.78, 5) is 14.7. The van der Waals surface area contributed by atoms with Crippen LogP contribution >= 0.6 is 0 Å². The van der Waals surface area contributed by atoms with E-state index in [1.807, 2.05) is 42.5 Å². The van der Waals surface area contributed by atoms with Crippen LogP contribution in [-0.2, 0) is 5.41 Å². The first-order chi connectivity index (χ1) is 24.8. The van der Waals surface area contributed by atoms with Crippen LogP contribution in [0.1, 0.15) is 22.3 Å². The van der Waals surface area contributed by atoms with Crippen LogP contribution in [0.4, 0.5) is 0 Å². The van der Waals surface area contributed by atoms with E-state index >= 15 is 0 Å². The van der Waals surface area contributed by atoms with Gasteiger partial charge in [-0.1, -0.05) is 127 Å². The zero-order chi connectivity index (χ0) is 33.1. The fraction of sp³-hybridized carbons (Fsp3) is 0.0217. The van der Waals surface area contributed by atoms with Gasteiger partial charge in [-0.15, -0.1) is 0 Å². The van der Waals surface area contributed by atoms with Crippen molar-refractivity contribution in [3.8, 4) is 67.8 Å². The molecule has 234 valence electrons. The van der Waals surface area contributed by atoms with Crippen LogP contribution in [0.2, 0.25) is 0 Å². The molecule has 2 aromatic heterocycles. The Bertz CT molecular complexity index is 2480. The Morgan fingerprint density at radius 1 is 0.380 bits per heavy atom. The second-order valence-corrected chi connectivity index (χ2v) is 12.8. The van der Waals surface area contributed by atoms with Crippen LogP contribution in [-0.4, -0.2) is 15.0 Å². The van der Waals surface area contributed by atoms with Crippen LogP contribution in [0.15, 0.2) is 176 Å². The van der Waals surface area contributed by atoms with Gasteiger partial charge in [0.15, 0.2) is 5.82 Å². The maximum Gasteiger partial charge on any atom is 0.160 e. The highest BCUT2D eigenvalue weighted by molar-refractivity contribution is 5.89. The molecule has 2 aliphatic rings. The van der Waals surface area contributed by atoms with Gasteiger partial charge in [0.2, 0.25) is 0 Å². The van der Waals surface area contributed by atoms with Gasteiger partial charge in [-0.2, -0.15) is 0 Å². The van der Waals surface area contributed by atoms with Crippen molar-refractivity contribution in [3.05, 3.63) is 198 Å². The fourth-order valence-corrected chi connectivity index (χ4v) is 7.85. The number of para-hydroxylation sites is 1. The van der Waals surface area contributed by atoms with Crippen LogP contribution in [0.3, 0.4) is 0 Å². The number of aromatic nitrogens is 3. The molecule has 6 aromatic carbocycles. The standard InChI is InChI=1S/C46H29N3O/c1-2-13-30(14-3-1)41-29-42(40-22-10-11-26-47-40)49-45(48-41)33-16-12-15-31(27-33)32-24-25-44-39(28-32)46(38-21-8-9-23-43(38)50-44)36-19-6-4-17-34(36)35-18-5-7-20-37(35)46/h1-29H. The second kappa shape index (κ2) is 11.2. The Morgan fingerprint density at radius 2 is 1.00 bits per heavy atom. The zero-order valence-electron chi connectivity index (χ0n) is 27.0. The third kappa shape index (κ3) is 4.28. The van der Waals surface area contributed by atoms with Crippen molar-refractivity contribution in [2.24, 2.45) is 0 Å². The maximum atomic E-state index is 6.66. The molecule has 0 saturated carbocycles. The van der Waals surface area contributed by atoms with Crippen molar-refractivity contribution in [1.29, 1.82) is 0 Å². The van der Waals surface area contributed by atoms with Crippen LogP contribution in [0, 0.1) is 0 Å². The Balaban J connectivity index is 1.15. The molecule has 50 heavy (non-hydrogen) atoms. The first-order valence-electron chi connectivity index (χ1n) is 16.9. The summed E-state index contributed by atoms with van der Waals surface area (Å²) in [6.45, 7) is 0. The molecule has 4 nitrogen and oxygen atoms in total. The molecule has 0 N–H and O–H groups in total. The van der Waals surface area contributed by atoms with Gasteiger partial charge in [0.25, 0.3) is 0 Å². The monoisotopic (exact) mass is 639 g/mol. The highest BCUT2D eigenvalue weighted by atomic mass is 16.5. The summed E-state index contributed by atoms with van der Waals surface area (Å²) >= 11 is 0. The van der Waals surface area contributed by atoms with Gasteiger partial charge >= 0.3 is 0 Å². The molecule has 1 spiro atoms. The van der Waals surface area contributed by atoms with Crippen molar-refractivity contribution in [1.82, 2.24) is 15.0 Å². The van der Waals surface area contributed by atoms with Gasteiger partial charge in [0.05, 0.1) is 22.5 Å². The third-order valence-electron chi connectivity index (χ3n) is 10.0. The van der Waals surface area contributed by atoms with E-state index in [2.05, 4.69) is 132 Å². The topological polar surface area (TPSA) is 47.9 Å². The largest absolute Gasteiger partial charge is 0.457 e. The first-order valence-corrected chi connectivity index (χ1v) is 16.9. The molecule has 10 rings (SSSR count). The number of rotatable bonds is 4. The van der Waals surface area contributed by atoms with Crippen LogP contribution < -0.4 is 4.74 Å². The summed E-state index contributed by atoms with van der Waals surface area (Å²) < 4.78 is 6.66.